The number of anilines is 1. The molecule has 1 aliphatic rings. The number of hydrogen-bond donors (Lipinski definition) is 2. The van der Waals surface area contributed by atoms with Gasteiger partial charge in [0.05, 0.1) is 12.1 Å². The van der Waals surface area contributed by atoms with Crippen LogP contribution in [0.4, 0.5) is 5.00 Å². The van der Waals surface area contributed by atoms with E-state index in [1.54, 1.807) is 11.4 Å². The van der Waals surface area contributed by atoms with Crippen LogP contribution in [0.15, 0.2) is 11.4 Å². The van der Waals surface area contributed by atoms with Crippen LogP contribution in [-0.2, 0) is 9.59 Å². The summed E-state index contributed by atoms with van der Waals surface area (Å²) in [5.74, 6) is -0.442. The maximum absolute atomic E-state index is 12.4. The van der Waals surface area contributed by atoms with Gasteiger partial charge in [0, 0.05) is 19.0 Å². The van der Waals surface area contributed by atoms with Gasteiger partial charge in [-0.15, -0.1) is 11.3 Å². The van der Waals surface area contributed by atoms with Crippen LogP contribution < -0.4 is 11.1 Å². The molecule has 0 aromatic carbocycles. The first kappa shape index (κ1) is 19.4. The van der Waals surface area contributed by atoms with E-state index in [0.29, 0.717) is 10.6 Å². The van der Waals surface area contributed by atoms with E-state index in [-0.39, 0.29) is 24.3 Å². The Morgan fingerprint density at radius 1 is 1.28 bits per heavy atom. The number of carbonyl (C=O) groups excluding carboxylic acids is 3. The molecule has 7 nitrogen and oxygen atoms in total. The molecule has 1 aromatic rings. The minimum atomic E-state index is -0.549. The molecule has 0 spiro atoms. The van der Waals surface area contributed by atoms with E-state index in [4.69, 9.17) is 5.73 Å². The van der Waals surface area contributed by atoms with Crippen molar-refractivity contribution >= 4 is 34.1 Å². The van der Waals surface area contributed by atoms with Crippen LogP contribution in [0, 0.1) is 5.92 Å². The van der Waals surface area contributed by atoms with Crippen molar-refractivity contribution in [2.75, 3.05) is 38.0 Å². The van der Waals surface area contributed by atoms with Gasteiger partial charge in [0.15, 0.2) is 0 Å². The van der Waals surface area contributed by atoms with Crippen molar-refractivity contribution in [1.29, 1.82) is 0 Å². The zero-order valence-corrected chi connectivity index (χ0v) is 15.6. The average molecular weight is 366 g/mol. The second kappa shape index (κ2) is 8.96. The molecule has 0 aliphatic carbocycles. The van der Waals surface area contributed by atoms with Gasteiger partial charge in [-0.1, -0.05) is 0 Å². The number of rotatable bonds is 7. The Balaban J connectivity index is 1.81. The standard InChI is InChI=1S/C17H26N4O3S/c1-3-21(4-2)17(24)12-5-8-20(9-6-12)11-14(22)19-16-13(15(18)23)7-10-25-16/h7,10,12H,3-6,8-9,11H2,1-2H3,(H2,18,23)(H,19,22). The number of nitrogens with two attached hydrogens (primary N) is 1. The highest BCUT2D eigenvalue weighted by molar-refractivity contribution is 7.14. The summed E-state index contributed by atoms with van der Waals surface area (Å²) in [6, 6.07) is 1.60. The molecule has 0 radical (unpaired) electrons. The molecule has 25 heavy (non-hydrogen) atoms. The number of hydrogen-bond acceptors (Lipinski definition) is 5. The Morgan fingerprint density at radius 3 is 2.48 bits per heavy atom. The molecule has 1 aliphatic heterocycles. The Bertz CT molecular complexity index is 619. The van der Waals surface area contributed by atoms with Gasteiger partial charge in [-0.25, -0.2) is 0 Å². The molecule has 0 bridgehead atoms. The molecule has 0 unspecified atom stereocenters. The third kappa shape index (κ3) is 5.02. The highest BCUT2D eigenvalue weighted by atomic mass is 32.1. The Hall–Kier alpha value is -1.93. The Kier molecular flexibility index (Phi) is 6.95. The maximum Gasteiger partial charge on any atom is 0.251 e. The lowest BCUT2D eigenvalue weighted by molar-refractivity contribution is -0.136. The third-order valence-corrected chi connectivity index (χ3v) is 5.39. The lowest BCUT2D eigenvalue weighted by Gasteiger charge is -2.33. The third-order valence-electron chi connectivity index (χ3n) is 4.56. The molecule has 3 amide bonds. The lowest BCUT2D eigenvalue weighted by atomic mass is 9.95. The van der Waals surface area contributed by atoms with Crippen LogP contribution >= 0.6 is 11.3 Å². The van der Waals surface area contributed by atoms with Gasteiger partial charge in [-0.3, -0.25) is 19.3 Å². The maximum atomic E-state index is 12.4. The highest BCUT2D eigenvalue weighted by Gasteiger charge is 2.28. The van der Waals surface area contributed by atoms with Gasteiger partial charge in [-0.05, 0) is 51.2 Å². The highest BCUT2D eigenvalue weighted by Crippen LogP contribution is 2.23. The number of nitrogens with one attached hydrogen (secondary N) is 1. The molecule has 1 fully saturated rings. The fourth-order valence-electron chi connectivity index (χ4n) is 3.10. The summed E-state index contributed by atoms with van der Waals surface area (Å²) >= 11 is 1.28. The van der Waals surface area contributed by atoms with E-state index in [2.05, 4.69) is 5.32 Å². The van der Waals surface area contributed by atoms with Crippen molar-refractivity contribution in [3.05, 3.63) is 17.0 Å². The van der Waals surface area contributed by atoms with Crippen LogP contribution in [0.25, 0.3) is 0 Å². The largest absolute Gasteiger partial charge is 0.366 e. The first-order chi connectivity index (χ1) is 12.0. The number of likely N-dealkylation sites (tertiary alicyclic amines) is 1. The van der Waals surface area contributed by atoms with E-state index in [1.807, 2.05) is 23.6 Å². The Morgan fingerprint density at radius 2 is 1.92 bits per heavy atom. The monoisotopic (exact) mass is 366 g/mol. The van der Waals surface area contributed by atoms with Crippen LogP contribution in [-0.4, -0.2) is 60.2 Å². The zero-order chi connectivity index (χ0) is 18.4. The number of carbonyl (C=O) groups is 3. The fourth-order valence-corrected chi connectivity index (χ4v) is 3.91. The van der Waals surface area contributed by atoms with Crippen LogP contribution in [0.5, 0.6) is 0 Å². The quantitative estimate of drug-likeness (QED) is 0.762. The zero-order valence-electron chi connectivity index (χ0n) is 14.8. The predicted octanol–water partition coefficient (Wildman–Crippen LogP) is 1.37. The predicted molar refractivity (Wildman–Crippen MR) is 98.6 cm³/mol. The average Bonchev–Trinajstić information content (AvgIpc) is 3.04. The molecule has 8 heteroatoms. The second-order valence-electron chi connectivity index (χ2n) is 6.14. The minimum Gasteiger partial charge on any atom is -0.366 e. The summed E-state index contributed by atoms with van der Waals surface area (Å²) in [7, 11) is 0. The molecular formula is C17H26N4O3S. The molecule has 138 valence electrons. The van der Waals surface area contributed by atoms with Gasteiger partial charge in [0.2, 0.25) is 11.8 Å². The summed E-state index contributed by atoms with van der Waals surface area (Å²) in [5.41, 5.74) is 5.62. The SMILES string of the molecule is CCN(CC)C(=O)C1CCN(CC(=O)Nc2sccc2C(N)=O)CC1. The summed E-state index contributed by atoms with van der Waals surface area (Å²) in [6.45, 7) is 7.15. The molecule has 2 heterocycles. The van der Waals surface area contributed by atoms with Gasteiger partial charge in [0.1, 0.15) is 5.00 Å². The van der Waals surface area contributed by atoms with Crippen molar-refractivity contribution in [1.82, 2.24) is 9.80 Å². The molecule has 1 saturated heterocycles. The van der Waals surface area contributed by atoms with Crippen molar-refractivity contribution < 1.29 is 14.4 Å². The molecule has 0 saturated carbocycles. The normalized spacial score (nSPS) is 15.8. The van der Waals surface area contributed by atoms with E-state index in [9.17, 15) is 14.4 Å². The van der Waals surface area contributed by atoms with Crippen molar-refractivity contribution in [3.63, 3.8) is 0 Å². The summed E-state index contributed by atoms with van der Waals surface area (Å²) < 4.78 is 0. The number of piperidine rings is 1. The Labute approximate surface area is 152 Å². The van der Waals surface area contributed by atoms with Crippen LogP contribution in [0.3, 0.4) is 0 Å². The molecule has 2 rings (SSSR count). The molecule has 0 atom stereocenters. The summed E-state index contributed by atoms with van der Waals surface area (Å²) in [5, 5.41) is 4.96. The molecule has 3 N–H and O–H groups in total. The second-order valence-corrected chi connectivity index (χ2v) is 7.05. The summed E-state index contributed by atoms with van der Waals surface area (Å²) in [4.78, 5) is 39.8. The first-order valence-corrected chi connectivity index (χ1v) is 9.52. The van der Waals surface area contributed by atoms with Gasteiger partial charge >= 0.3 is 0 Å². The topological polar surface area (TPSA) is 95.7 Å². The van der Waals surface area contributed by atoms with E-state index >= 15 is 0 Å². The van der Waals surface area contributed by atoms with Gasteiger partial charge in [0.25, 0.3) is 5.91 Å². The van der Waals surface area contributed by atoms with E-state index in [0.717, 1.165) is 39.0 Å². The smallest absolute Gasteiger partial charge is 0.251 e. The molecule has 1 aromatic heterocycles. The van der Waals surface area contributed by atoms with Crippen molar-refractivity contribution in [2.45, 2.75) is 26.7 Å². The van der Waals surface area contributed by atoms with E-state index < -0.39 is 5.91 Å². The van der Waals surface area contributed by atoms with Gasteiger partial charge < -0.3 is 16.0 Å². The number of amides is 3. The number of nitrogens with zero attached hydrogens (tertiary/aromatic N) is 2. The van der Waals surface area contributed by atoms with Crippen LogP contribution in [0.1, 0.15) is 37.0 Å². The van der Waals surface area contributed by atoms with E-state index in [1.165, 1.54) is 11.3 Å². The first-order valence-electron chi connectivity index (χ1n) is 8.64. The van der Waals surface area contributed by atoms with Crippen molar-refractivity contribution in [2.24, 2.45) is 11.7 Å². The van der Waals surface area contributed by atoms with Crippen molar-refractivity contribution in [3.8, 4) is 0 Å². The van der Waals surface area contributed by atoms with Gasteiger partial charge in [-0.2, -0.15) is 0 Å². The lowest BCUT2D eigenvalue weighted by Crippen LogP contribution is -2.44. The number of thiophene rings is 1. The van der Waals surface area contributed by atoms with Crippen LogP contribution in [0.2, 0.25) is 0 Å². The molecular weight excluding hydrogens is 340 g/mol. The number of primary amides is 1. The fraction of sp³-hybridized carbons (Fsp3) is 0.588. The minimum absolute atomic E-state index is 0.0537. The summed E-state index contributed by atoms with van der Waals surface area (Å²) in [6.07, 6.45) is 1.54.